The van der Waals surface area contributed by atoms with E-state index in [2.05, 4.69) is 5.32 Å². The summed E-state index contributed by atoms with van der Waals surface area (Å²) in [4.78, 5) is 28.1. The fraction of sp³-hybridized carbons (Fsp3) is 0.844. The third-order valence-electron chi connectivity index (χ3n) is 10.6. The van der Waals surface area contributed by atoms with Gasteiger partial charge in [-0.1, -0.05) is 32.1 Å². The third kappa shape index (κ3) is 5.87. The molecule has 6 aliphatic rings. The molecule has 0 aromatic carbocycles. The summed E-state index contributed by atoms with van der Waals surface area (Å²) in [5.74, 6) is 3.06. The first-order valence-corrected chi connectivity index (χ1v) is 16.2. The minimum atomic E-state index is -0.485. The van der Waals surface area contributed by atoms with Gasteiger partial charge in [0.1, 0.15) is 11.2 Å². The second kappa shape index (κ2) is 11.2. The number of ether oxygens (including phenoxy) is 2. The van der Waals surface area contributed by atoms with Crippen molar-refractivity contribution in [1.29, 1.82) is 0 Å². The highest BCUT2D eigenvalue weighted by Crippen LogP contribution is 2.63. The number of nitrogens with one attached hydrogen (secondary N) is 1. The third-order valence-corrected chi connectivity index (χ3v) is 10.6. The van der Waals surface area contributed by atoms with Gasteiger partial charge >= 0.3 is 6.09 Å². The lowest BCUT2D eigenvalue weighted by atomic mass is 9.44. The van der Waals surface area contributed by atoms with Crippen LogP contribution in [0.15, 0.2) is 6.20 Å². The number of hydrogen-bond donors (Lipinski definition) is 1. The van der Waals surface area contributed by atoms with E-state index >= 15 is 0 Å². The summed E-state index contributed by atoms with van der Waals surface area (Å²) in [6.45, 7) is 8.42. The normalized spacial score (nSPS) is 30.9. The molecule has 4 atom stereocenters. The fourth-order valence-corrected chi connectivity index (χ4v) is 8.67. The standard InChI is InChI=1S/C32H50N4O4/c1-31(2,3)40-30(38)35-14-11-22(12-15-35)20-36-29(39-21-23-8-5-4-6-9-23)26(19-33-36)28(37)34-27-25-16-24-10-7-13-32(27,17-24)18-25/h19,22-25,27H,4-18,20-21H2,1-3H3,(H,34,37). The van der Waals surface area contributed by atoms with E-state index in [1.165, 1.54) is 70.6 Å². The zero-order valence-corrected chi connectivity index (χ0v) is 25.0. The SMILES string of the molecule is CC(C)(C)OC(=O)N1CCC(Cn2ncc(C(=O)NC3C4CC5CCCC3(C5)C4)c2OCC2CCCCC2)CC1. The van der Waals surface area contributed by atoms with Gasteiger partial charge in [-0.3, -0.25) is 4.79 Å². The lowest BCUT2D eigenvalue weighted by molar-refractivity contribution is -0.108. The number of carbonyl (C=O) groups excluding carboxylic acids is 2. The second-order valence-electron chi connectivity index (χ2n) is 14.7. The maximum atomic E-state index is 13.7. The monoisotopic (exact) mass is 554 g/mol. The van der Waals surface area contributed by atoms with Crippen LogP contribution in [0, 0.1) is 29.1 Å². The van der Waals surface area contributed by atoms with Crippen molar-refractivity contribution in [3.8, 4) is 5.88 Å². The predicted octanol–water partition coefficient (Wildman–Crippen LogP) is 6.19. The number of nitrogens with zero attached hydrogens (tertiary/aromatic N) is 3. The lowest BCUT2D eigenvalue weighted by Gasteiger charge is -2.64. The number of aromatic nitrogens is 2. The molecule has 5 saturated carbocycles. The van der Waals surface area contributed by atoms with Crippen LogP contribution in [0.25, 0.3) is 0 Å². The zero-order valence-electron chi connectivity index (χ0n) is 25.0. The minimum absolute atomic E-state index is 0.0114. The van der Waals surface area contributed by atoms with Crippen molar-refractivity contribution in [2.75, 3.05) is 19.7 Å². The van der Waals surface area contributed by atoms with Crippen molar-refractivity contribution in [2.45, 2.75) is 122 Å². The molecular weight excluding hydrogens is 504 g/mol. The Hall–Kier alpha value is -2.25. The van der Waals surface area contributed by atoms with Crippen molar-refractivity contribution < 1.29 is 19.1 Å². The van der Waals surface area contributed by atoms with E-state index < -0.39 is 5.60 Å². The molecule has 1 aliphatic heterocycles. The molecule has 7 rings (SSSR count). The Bertz CT molecular complexity index is 1060. The van der Waals surface area contributed by atoms with E-state index in [9.17, 15) is 9.59 Å². The molecule has 1 aromatic heterocycles. The van der Waals surface area contributed by atoms with E-state index in [1.807, 2.05) is 30.4 Å². The Morgan fingerprint density at radius 3 is 2.55 bits per heavy atom. The Morgan fingerprint density at radius 1 is 1.02 bits per heavy atom. The highest BCUT2D eigenvalue weighted by atomic mass is 16.6. The van der Waals surface area contributed by atoms with Crippen LogP contribution in [0.2, 0.25) is 0 Å². The van der Waals surface area contributed by atoms with Gasteiger partial charge in [0.15, 0.2) is 0 Å². The summed E-state index contributed by atoms with van der Waals surface area (Å²) in [7, 11) is 0. The van der Waals surface area contributed by atoms with Crippen LogP contribution in [0.5, 0.6) is 5.88 Å². The summed E-state index contributed by atoms with van der Waals surface area (Å²) >= 11 is 0. The van der Waals surface area contributed by atoms with E-state index in [4.69, 9.17) is 14.6 Å². The molecule has 2 heterocycles. The highest BCUT2D eigenvalue weighted by Gasteiger charge is 2.59. The average Bonchev–Trinajstić information content (AvgIpc) is 3.32. The fourth-order valence-electron chi connectivity index (χ4n) is 8.67. The minimum Gasteiger partial charge on any atom is -0.477 e. The van der Waals surface area contributed by atoms with E-state index in [0.29, 0.717) is 66.9 Å². The van der Waals surface area contributed by atoms with E-state index in [0.717, 1.165) is 18.8 Å². The Kier molecular flexibility index (Phi) is 7.81. The Labute approximate surface area is 239 Å². The van der Waals surface area contributed by atoms with Crippen molar-refractivity contribution in [2.24, 2.45) is 29.1 Å². The molecule has 1 spiro atoms. The number of likely N-dealkylation sites (tertiary alicyclic amines) is 1. The number of piperidine rings is 1. The average molecular weight is 555 g/mol. The molecule has 0 radical (unpaired) electrons. The quantitative estimate of drug-likeness (QED) is 0.435. The van der Waals surface area contributed by atoms with Gasteiger partial charge in [0.05, 0.1) is 12.8 Å². The molecule has 1 saturated heterocycles. The predicted molar refractivity (Wildman–Crippen MR) is 153 cm³/mol. The van der Waals surface area contributed by atoms with Crippen LogP contribution in [0.3, 0.4) is 0 Å². The van der Waals surface area contributed by atoms with Gasteiger partial charge < -0.3 is 19.7 Å². The van der Waals surface area contributed by atoms with Crippen LogP contribution in [-0.2, 0) is 11.3 Å². The molecule has 5 aliphatic carbocycles. The second-order valence-corrected chi connectivity index (χ2v) is 14.7. The van der Waals surface area contributed by atoms with Crippen LogP contribution in [-0.4, -0.2) is 58.0 Å². The molecule has 1 aromatic rings. The molecular formula is C32H50N4O4. The summed E-state index contributed by atoms with van der Waals surface area (Å²) in [6, 6.07) is 0.309. The van der Waals surface area contributed by atoms with Gasteiger partial charge in [0.2, 0.25) is 5.88 Å². The number of carbonyl (C=O) groups is 2. The van der Waals surface area contributed by atoms with Gasteiger partial charge in [-0.2, -0.15) is 5.10 Å². The first kappa shape index (κ1) is 27.9. The highest BCUT2D eigenvalue weighted by molar-refractivity contribution is 5.96. The first-order chi connectivity index (χ1) is 19.2. The summed E-state index contributed by atoms with van der Waals surface area (Å²) in [5, 5.41) is 8.19. The van der Waals surface area contributed by atoms with Gasteiger partial charge in [0.25, 0.3) is 5.91 Å². The number of hydrogen-bond acceptors (Lipinski definition) is 5. The van der Waals surface area contributed by atoms with Gasteiger partial charge in [0, 0.05) is 25.7 Å². The molecule has 40 heavy (non-hydrogen) atoms. The zero-order chi connectivity index (χ0) is 27.9. The largest absolute Gasteiger partial charge is 0.477 e. The molecule has 2 amide bonds. The molecule has 6 fully saturated rings. The van der Waals surface area contributed by atoms with Crippen molar-refractivity contribution in [3.05, 3.63) is 11.8 Å². The summed E-state index contributed by atoms with van der Waals surface area (Å²) in [5.41, 5.74) is 0.444. The van der Waals surface area contributed by atoms with Crippen LogP contribution >= 0.6 is 0 Å². The van der Waals surface area contributed by atoms with Gasteiger partial charge in [-0.25, -0.2) is 9.48 Å². The first-order valence-electron chi connectivity index (χ1n) is 16.2. The van der Waals surface area contributed by atoms with Crippen LogP contribution in [0.4, 0.5) is 4.79 Å². The van der Waals surface area contributed by atoms with Crippen molar-refractivity contribution in [1.82, 2.24) is 20.0 Å². The van der Waals surface area contributed by atoms with Gasteiger partial charge in [-0.05, 0) is 101 Å². The van der Waals surface area contributed by atoms with Gasteiger partial charge in [-0.15, -0.1) is 0 Å². The van der Waals surface area contributed by atoms with Crippen molar-refractivity contribution >= 4 is 12.0 Å². The van der Waals surface area contributed by atoms with E-state index in [-0.39, 0.29) is 12.0 Å². The topological polar surface area (TPSA) is 85.7 Å². The molecule has 3 bridgehead atoms. The molecule has 222 valence electrons. The maximum Gasteiger partial charge on any atom is 0.410 e. The van der Waals surface area contributed by atoms with Crippen molar-refractivity contribution in [3.63, 3.8) is 0 Å². The lowest BCUT2D eigenvalue weighted by Crippen LogP contribution is -2.66. The summed E-state index contributed by atoms with van der Waals surface area (Å²) in [6.07, 6.45) is 17.3. The molecule has 1 N–H and O–H groups in total. The van der Waals surface area contributed by atoms with E-state index in [1.54, 1.807) is 6.20 Å². The van der Waals surface area contributed by atoms with Crippen LogP contribution in [0.1, 0.15) is 115 Å². The number of rotatable bonds is 7. The van der Waals surface area contributed by atoms with Crippen LogP contribution < -0.4 is 10.1 Å². The smallest absolute Gasteiger partial charge is 0.410 e. The molecule has 8 nitrogen and oxygen atoms in total. The summed E-state index contributed by atoms with van der Waals surface area (Å²) < 4.78 is 14.0. The Morgan fingerprint density at radius 2 is 1.80 bits per heavy atom. The Balaban J connectivity index is 1.12. The molecule has 8 heteroatoms. The maximum absolute atomic E-state index is 13.7. The molecule has 4 unspecified atom stereocenters. The number of amides is 2.